The van der Waals surface area contributed by atoms with Gasteiger partial charge in [-0.1, -0.05) is 0 Å². The van der Waals surface area contributed by atoms with Crippen LogP contribution in [0.2, 0.25) is 0 Å². The number of carboxylic acids is 1. The van der Waals surface area contributed by atoms with Gasteiger partial charge >= 0.3 is 5.97 Å². The van der Waals surface area contributed by atoms with Gasteiger partial charge in [0.15, 0.2) is 17.3 Å². The van der Waals surface area contributed by atoms with Gasteiger partial charge in [-0.3, -0.25) is 14.9 Å². The normalized spacial score (nSPS) is 9.88. The third-order valence-electron chi connectivity index (χ3n) is 1.69. The zero-order valence-electron chi connectivity index (χ0n) is 7.74. The first-order chi connectivity index (χ1) is 7.43. The molecule has 0 saturated heterocycles. The van der Waals surface area contributed by atoms with E-state index in [1.807, 2.05) is 5.32 Å². The lowest BCUT2D eigenvalue weighted by atomic mass is 10.2. The van der Waals surface area contributed by atoms with Crippen molar-refractivity contribution in [2.75, 3.05) is 11.9 Å². The van der Waals surface area contributed by atoms with Gasteiger partial charge in [0.05, 0.1) is 4.92 Å². The van der Waals surface area contributed by atoms with E-state index in [-0.39, 0.29) is 0 Å². The molecule has 1 aromatic carbocycles. The molecular formula is C8H6F2N2O4. The Hall–Kier alpha value is -2.25. The number of rotatable bonds is 4. The van der Waals surface area contributed by atoms with Gasteiger partial charge in [0, 0.05) is 6.07 Å². The monoisotopic (exact) mass is 232 g/mol. The standard InChI is InChI=1S/C8H6F2N2O4/c9-4-1-2-5(12(15)16)8(7(4)10)11-3-6(13)14/h1-2,11H,3H2,(H,13,14). The maximum Gasteiger partial charge on any atom is 0.322 e. The molecule has 0 amide bonds. The summed E-state index contributed by atoms with van der Waals surface area (Å²) in [6, 6.07) is 1.35. The van der Waals surface area contributed by atoms with Crippen molar-refractivity contribution in [1.82, 2.24) is 0 Å². The van der Waals surface area contributed by atoms with Gasteiger partial charge < -0.3 is 10.4 Å². The molecule has 0 spiro atoms. The van der Waals surface area contributed by atoms with Crippen molar-refractivity contribution in [2.45, 2.75) is 0 Å². The Morgan fingerprint density at radius 3 is 2.62 bits per heavy atom. The molecule has 0 aliphatic carbocycles. The number of carbonyl (C=O) groups is 1. The molecule has 0 aliphatic rings. The van der Waals surface area contributed by atoms with Crippen LogP contribution in [0.5, 0.6) is 0 Å². The molecule has 1 aromatic rings. The van der Waals surface area contributed by atoms with Gasteiger partial charge in [0.2, 0.25) is 0 Å². The number of nitrogens with zero attached hydrogens (tertiary/aromatic N) is 1. The molecule has 0 aromatic heterocycles. The zero-order chi connectivity index (χ0) is 12.3. The summed E-state index contributed by atoms with van der Waals surface area (Å²) in [6.45, 7) is -0.749. The van der Waals surface area contributed by atoms with E-state index in [0.717, 1.165) is 6.07 Å². The number of aliphatic carboxylic acids is 1. The first kappa shape index (κ1) is 11.8. The third-order valence-corrected chi connectivity index (χ3v) is 1.69. The van der Waals surface area contributed by atoms with Crippen molar-refractivity contribution in [3.8, 4) is 0 Å². The first-order valence-electron chi connectivity index (χ1n) is 4.01. The molecule has 0 fully saturated rings. The Balaban J connectivity index is 3.15. The fourth-order valence-electron chi connectivity index (χ4n) is 1.02. The average molecular weight is 232 g/mol. The number of anilines is 1. The quantitative estimate of drug-likeness (QED) is 0.604. The zero-order valence-corrected chi connectivity index (χ0v) is 7.74. The largest absolute Gasteiger partial charge is 0.480 e. The minimum absolute atomic E-state index is 0.597. The van der Waals surface area contributed by atoms with E-state index in [9.17, 15) is 23.7 Å². The van der Waals surface area contributed by atoms with Crippen LogP contribution < -0.4 is 5.32 Å². The Bertz CT molecular complexity index is 450. The maximum absolute atomic E-state index is 13.1. The fourth-order valence-corrected chi connectivity index (χ4v) is 1.02. The number of nitro benzene ring substituents is 1. The Kier molecular flexibility index (Phi) is 3.33. The van der Waals surface area contributed by atoms with Gasteiger partial charge in [0.25, 0.3) is 5.69 Å². The molecule has 0 bridgehead atoms. The number of carboxylic acid groups (broad SMARTS) is 1. The molecule has 8 heteroatoms. The van der Waals surface area contributed by atoms with E-state index in [4.69, 9.17) is 5.11 Å². The molecule has 0 saturated carbocycles. The van der Waals surface area contributed by atoms with E-state index in [1.54, 1.807) is 0 Å². The summed E-state index contributed by atoms with van der Waals surface area (Å²) < 4.78 is 25.9. The van der Waals surface area contributed by atoms with Crippen LogP contribution in [0.15, 0.2) is 12.1 Å². The second-order valence-electron chi connectivity index (χ2n) is 2.76. The molecule has 86 valence electrons. The van der Waals surface area contributed by atoms with Crippen molar-refractivity contribution in [1.29, 1.82) is 0 Å². The van der Waals surface area contributed by atoms with Crippen molar-refractivity contribution in [3.63, 3.8) is 0 Å². The van der Waals surface area contributed by atoms with Crippen molar-refractivity contribution >= 4 is 17.3 Å². The topological polar surface area (TPSA) is 92.5 Å². The van der Waals surface area contributed by atoms with Crippen LogP contribution in [0, 0.1) is 21.7 Å². The summed E-state index contributed by atoms with van der Waals surface area (Å²) in [6.07, 6.45) is 0. The van der Waals surface area contributed by atoms with Gasteiger partial charge in [-0.05, 0) is 6.07 Å². The van der Waals surface area contributed by atoms with Crippen molar-refractivity contribution in [2.24, 2.45) is 0 Å². The predicted octanol–water partition coefficient (Wildman–Crippen LogP) is 1.37. The van der Waals surface area contributed by atoms with E-state index in [0.29, 0.717) is 6.07 Å². The van der Waals surface area contributed by atoms with Crippen LogP contribution in [0.1, 0.15) is 0 Å². The molecule has 0 radical (unpaired) electrons. The summed E-state index contributed by atoms with van der Waals surface area (Å²) in [5, 5.41) is 20.7. The summed E-state index contributed by atoms with van der Waals surface area (Å²) in [4.78, 5) is 19.7. The highest BCUT2D eigenvalue weighted by Crippen LogP contribution is 2.28. The second kappa shape index (κ2) is 4.51. The predicted molar refractivity (Wildman–Crippen MR) is 49.1 cm³/mol. The van der Waals surface area contributed by atoms with E-state index >= 15 is 0 Å². The van der Waals surface area contributed by atoms with Gasteiger partial charge in [-0.2, -0.15) is 0 Å². The maximum atomic E-state index is 13.1. The first-order valence-corrected chi connectivity index (χ1v) is 4.01. The molecule has 0 aliphatic heterocycles. The minimum atomic E-state index is -1.48. The summed E-state index contributed by atoms with van der Waals surface area (Å²) in [7, 11) is 0. The lowest BCUT2D eigenvalue weighted by Gasteiger charge is -2.06. The minimum Gasteiger partial charge on any atom is -0.480 e. The highest BCUT2D eigenvalue weighted by atomic mass is 19.2. The number of halogens is 2. The van der Waals surface area contributed by atoms with Crippen LogP contribution in [0.3, 0.4) is 0 Å². The van der Waals surface area contributed by atoms with E-state index in [2.05, 4.69) is 0 Å². The summed E-state index contributed by atoms with van der Waals surface area (Å²) >= 11 is 0. The van der Waals surface area contributed by atoms with Crippen molar-refractivity contribution in [3.05, 3.63) is 33.9 Å². The SMILES string of the molecule is O=C(O)CNc1c([N+](=O)[O-])ccc(F)c1F. The Morgan fingerprint density at radius 1 is 1.50 bits per heavy atom. The highest BCUT2D eigenvalue weighted by molar-refractivity contribution is 5.75. The van der Waals surface area contributed by atoms with E-state index in [1.165, 1.54) is 0 Å². The van der Waals surface area contributed by atoms with E-state index < -0.39 is 40.4 Å². The number of nitrogens with one attached hydrogen (secondary N) is 1. The van der Waals surface area contributed by atoms with Gasteiger partial charge in [0.1, 0.15) is 6.54 Å². The van der Waals surface area contributed by atoms with Crippen LogP contribution >= 0.6 is 0 Å². The Morgan fingerprint density at radius 2 is 2.12 bits per heavy atom. The number of hydrogen-bond donors (Lipinski definition) is 2. The molecule has 0 atom stereocenters. The third kappa shape index (κ3) is 2.41. The smallest absolute Gasteiger partial charge is 0.322 e. The number of nitro groups is 1. The van der Waals surface area contributed by atoms with Crippen LogP contribution in [-0.2, 0) is 4.79 Å². The molecule has 6 nitrogen and oxygen atoms in total. The number of benzene rings is 1. The molecule has 0 unspecified atom stereocenters. The lowest BCUT2D eigenvalue weighted by molar-refractivity contribution is -0.384. The van der Waals surface area contributed by atoms with Gasteiger partial charge in [-0.15, -0.1) is 0 Å². The lowest BCUT2D eigenvalue weighted by Crippen LogP contribution is -2.15. The van der Waals surface area contributed by atoms with Crippen LogP contribution in [-0.4, -0.2) is 22.5 Å². The number of hydrogen-bond acceptors (Lipinski definition) is 4. The average Bonchev–Trinajstić information content (AvgIpc) is 2.19. The molecule has 2 N–H and O–H groups in total. The second-order valence-corrected chi connectivity index (χ2v) is 2.76. The van der Waals surface area contributed by atoms with Crippen molar-refractivity contribution < 1.29 is 23.6 Å². The molecule has 16 heavy (non-hydrogen) atoms. The Labute approximate surface area is 87.7 Å². The molecule has 1 rings (SSSR count). The van der Waals surface area contributed by atoms with Crippen LogP contribution in [0.25, 0.3) is 0 Å². The molecule has 0 heterocycles. The van der Waals surface area contributed by atoms with Crippen LogP contribution in [0.4, 0.5) is 20.2 Å². The summed E-state index contributed by atoms with van der Waals surface area (Å²) in [5.41, 5.74) is -1.49. The highest BCUT2D eigenvalue weighted by Gasteiger charge is 2.21. The van der Waals surface area contributed by atoms with Gasteiger partial charge in [-0.25, -0.2) is 8.78 Å². The molecular weight excluding hydrogens is 226 g/mol. The fraction of sp³-hybridized carbons (Fsp3) is 0.125. The summed E-state index contributed by atoms with van der Waals surface area (Å²) in [5.74, 6) is -4.12.